The van der Waals surface area contributed by atoms with Crippen molar-refractivity contribution in [3.05, 3.63) is 0 Å². The van der Waals surface area contributed by atoms with Gasteiger partial charge in [-0.1, -0.05) is 0 Å². The number of nitrogens with zero attached hydrogens (tertiary/aromatic N) is 1. The molecule has 1 N–H and O–H groups in total. The second kappa shape index (κ2) is 8.28. The number of aliphatic hydroxyl groups excluding tert-OH is 1. The number of amides is 1. The Morgan fingerprint density at radius 2 is 2.12 bits per heavy atom. The molecule has 5 nitrogen and oxygen atoms in total. The number of carbonyl (C=O) groups excluding carboxylic acids is 1. The Bertz CT molecular complexity index is 449. The molecule has 3 rings (SSSR count). The summed E-state index contributed by atoms with van der Waals surface area (Å²) < 4.78 is 11.0. The Hall–Kier alpha value is 0.220. The Morgan fingerprint density at radius 1 is 1.33 bits per heavy atom. The lowest BCUT2D eigenvalue weighted by atomic mass is 9.80. The highest BCUT2D eigenvalue weighted by atomic mass is 35.5. The van der Waals surface area contributed by atoms with Gasteiger partial charge >= 0.3 is 0 Å². The first-order valence-corrected chi connectivity index (χ1v) is 9.86. The summed E-state index contributed by atoms with van der Waals surface area (Å²) in [5, 5.41) is 9.38. The number of carbonyl (C=O) groups is 1. The number of hydrogen-bond donors (Lipinski definition) is 1. The van der Waals surface area contributed by atoms with E-state index < -0.39 is 6.10 Å². The molecule has 0 radical (unpaired) electrons. The van der Waals surface area contributed by atoms with E-state index in [1.54, 1.807) is 4.90 Å². The average molecular weight is 401 g/mol. The highest BCUT2D eigenvalue weighted by molar-refractivity contribution is 6.31. The average Bonchev–Trinajstić information content (AvgIpc) is 3.14. The zero-order chi connectivity index (χ0) is 17.3. The van der Waals surface area contributed by atoms with Crippen LogP contribution in [0.3, 0.4) is 0 Å². The lowest BCUT2D eigenvalue weighted by Gasteiger charge is -2.34. The summed E-state index contributed by atoms with van der Waals surface area (Å²) in [6.07, 6.45) is 1.98. The van der Waals surface area contributed by atoms with Gasteiger partial charge in [0, 0.05) is 31.0 Å². The molecule has 24 heavy (non-hydrogen) atoms. The second-order valence-corrected chi connectivity index (χ2v) is 8.60. The minimum absolute atomic E-state index is 0.0348. The zero-order valence-electron chi connectivity index (χ0n) is 13.5. The SMILES string of the molecule is O=C1C2C(Cl)CC(Cl)C(Cl)C2CN1CC(O)COCC1CCCO1. The van der Waals surface area contributed by atoms with Crippen LogP contribution >= 0.6 is 34.8 Å². The minimum atomic E-state index is -0.732. The van der Waals surface area contributed by atoms with Crippen LogP contribution in [-0.2, 0) is 14.3 Å². The first kappa shape index (κ1) is 19.0. The number of alkyl halides is 3. The molecule has 7 unspecified atom stereocenters. The number of halogens is 3. The molecule has 0 aromatic rings. The van der Waals surface area contributed by atoms with Crippen LogP contribution in [0.1, 0.15) is 19.3 Å². The molecule has 0 spiro atoms. The molecule has 2 saturated heterocycles. The molecule has 2 heterocycles. The van der Waals surface area contributed by atoms with E-state index in [2.05, 4.69) is 0 Å². The van der Waals surface area contributed by atoms with E-state index in [-0.39, 0.29) is 53.1 Å². The lowest BCUT2D eigenvalue weighted by Crippen LogP contribution is -2.43. The van der Waals surface area contributed by atoms with Gasteiger partial charge in [0.2, 0.25) is 5.91 Å². The van der Waals surface area contributed by atoms with Crippen LogP contribution in [0.4, 0.5) is 0 Å². The molecule has 3 fully saturated rings. The number of hydrogen-bond acceptors (Lipinski definition) is 4. The molecule has 1 saturated carbocycles. The van der Waals surface area contributed by atoms with E-state index in [9.17, 15) is 9.90 Å². The molecular weight excluding hydrogens is 377 g/mol. The predicted molar refractivity (Wildman–Crippen MR) is 92.9 cm³/mol. The summed E-state index contributed by atoms with van der Waals surface area (Å²) in [5.74, 6) is -0.394. The van der Waals surface area contributed by atoms with Crippen LogP contribution in [-0.4, -0.2) is 77.2 Å². The number of β-amino-alcohol motifs (C(OH)–C–C–N with tert-alkyl or cyclic N) is 1. The summed E-state index contributed by atoms with van der Waals surface area (Å²) in [6, 6.07) is 0. The van der Waals surface area contributed by atoms with Crippen LogP contribution in [0, 0.1) is 11.8 Å². The Morgan fingerprint density at radius 3 is 2.83 bits per heavy atom. The van der Waals surface area contributed by atoms with Gasteiger partial charge in [-0.2, -0.15) is 0 Å². The number of aliphatic hydroxyl groups is 1. The van der Waals surface area contributed by atoms with Gasteiger partial charge in [0.25, 0.3) is 0 Å². The fraction of sp³-hybridized carbons (Fsp3) is 0.938. The van der Waals surface area contributed by atoms with Crippen molar-refractivity contribution in [1.82, 2.24) is 4.90 Å². The monoisotopic (exact) mass is 399 g/mol. The van der Waals surface area contributed by atoms with Crippen molar-refractivity contribution in [2.75, 3.05) is 32.9 Å². The maximum Gasteiger partial charge on any atom is 0.227 e. The van der Waals surface area contributed by atoms with Crippen LogP contribution in [0.2, 0.25) is 0 Å². The van der Waals surface area contributed by atoms with Crippen molar-refractivity contribution < 1.29 is 19.4 Å². The summed E-state index contributed by atoms with van der Waals surface area (Å²) in [5.41, 5.74) is 0. The molecule has 1 aliphatic carbocycles. The molecule has 0 bridgehead atoms. The Balaban J connectivity index is 1.47. The smallest absolute Gasteiger partial charge is 0.227 e. The van der Waals surface area contributed by atoms with Gasteiger partial charge in [-0.15, -0.1) is 34.8 Å². The predicted octanol–water partition coefficient (Wildman–Crippen LogP) is 1.84. The van der Waals surface area contributed by atoms with Crippen LogP contribution in [0.15, 0.2) is 0 Å². The third-order valence-electron chi connectivity index (χ3n) is 5.15. The van der Waals surface area contributed by atoms with Crippen molar-refractivity contribution in [1.29, 1.82) is 0 Å². The van der Waals surface area contributed by atoms with Crippen LogP contribution in [0.25, 0.3) is 0 Å². The summed E-state index contributed by atoms with van der Waals surface area (Å²) in [4.78, 5) is 14.2. The van der Waals surface area contributed by atoms with Crippen molar-refractivity contribution >= 4 is 40.7 Å². The second-order valence-electron chi connectivity index (χ2n) is 6.97. The molecule has 2 aliphatic heterocycles. The van der Waals surface area contributed by atoms with Gasteiger partial charge in [0.15, 0.2) is 0 Å². The third kappa shape index (κ3) is 4.13. The molecule has 138 valence electrons. The molecule has 0 aromatic heterocycles. The van der Waals surface area contributed by atoms with Crippen molar-refractivity contribution in [3.8, 4) is 0 Å². The van der Waals surface area contributed by atoms with Crippen LogP contribution < -0.4 is 0 Å². The van der Waals surface area contributed by atoms with Gasteiger partial charge in [0.1, 0.15) is 0 Å². The lowest BCUT2D eigenvalue weighted by molar-refractivity contribution is -0.133. The standard InChI is InChI=1S/C16H24Cl3NO4/c17-12-4-13(18)15(19)11-6-20(16(22)14(11)12)5-9(21)7-23-8-10-2-1-3-24-10/h9-15,21H,1-8H2. The van der Waals surface area contributed by atoms with E-state index in [4.69, 9.17) is 44.3 Å². The summed E-state index contributed by atoms with van der Waals surface area (Å²) >= 11 is 19.0. The Labute approximate surface area is 157 Å². The molecule has 0 aromatic carbocycles. The highest BCUT2D eigenvalue weighted by Gasteiger charge is 2.52. The maximum atomic E-state index is 12.6. The largest absolute Gasteiger partial charge is 0.389 e. The fourth-order valence-electron chi connectivity index (χ4n) is 3.92. The first-order chi connectivity index (χ1) is 11.5. The molecule has 8 heteroatoms. The quantitative estimate of drug-likeness (QED) is 0.691. The minimum Gasteiger partial charge on any atom is -0.389 e. The highest BCUT2D eigenvalue weighted by Crippen LogP contribution is 2.44. The number of ether oxygens (including phenoxy) is 2. The first-order valence-electron chi connectivity index (χ1n) is 8.55. The zero-order valence-corrected chi connectivity index (χ0v) is 15.7. The van der Waals surface area contributed by atoms with Gasteiger partial charge in [-0.3, -0.25) is 4.79 Å². The van der Waals surface area contributed by atoms with E-state index in [0.717, 1.165) is 19.4 Å². The van der Waals surface area contributed by atoms with E-state index in [0.29, 0.717) is 19.6 Å². The van der Waals surface area contributed by atoms with E-state index >= 15 is 0 Å². The van der Waals surface area contributed by atoms with Gasteiger partial charge < -0.3 is 19.5 Å². The third-order valence-corrected chi connectivity index (χ3v) is 6.81. The van der Waals surface area contributed by atoms with Crippen molar-refractivity contribution in [2.45, 2.75) is 47.6 Å². The summed E-state index contributed by atoms with van der Waals surface area (Å²) in [6.45, 7) is 2.18. The fourth-order valence-corrected chi connectivity index (χ4v) is 5.21. The molecule has 1 amide bonds. The number of fused-ring (bicyclic) bond motifs is 1. The van der Waals surface area contributed by atoms with Gasteiger partial charge in [0.05, 0.1) is 42.1 Å². The topological polar surface area (TPSA) is 59.0 Å². The van der Waals surface area contributed by atoms with Crippen LogP contribution in [0.5, 0.6) is 0 Å². The molecule has 7 atom stereocenters. The van der Waals surface area contributed by atoms with E-state index in [1.165, 1.54) is 0 Å². The molecule has 3 aliphatic rings. The summed E-state index contributed by atoms with van der Waals surface area (Å²) in [7, 11) is 0. The normalized spacial score (nSPS) is 40.8. The number of likely N-dealkylation sites (tertiary alicyclic amines) is 1. The maximum absolute atomic E-state index is 12.6. The van der Waals surface area contributed by atoms with Crippen molar-refractivity contribution in [3.63, 3.8) is 0 Å². The van der Waals surface area contributed by atoms with Gasteiger partial charge in [-0.05, 0) is 19.3 Å². The van der Waals surface area contributed by atoms with Crippen molar-refractivity contribution in [2.24, 2.45) is 11.8 Å². The number of rotatable bonds is 6. The Kier molecular flexibility index (Phi) is 6.55. The molecular formula is C16H24Cl3NO4. The van der Waals surface area contributed by atoms with E-state index in [1.807, 2.05) is 0 Å². The van der Waals surface area contributed by atoms with Gasteiger partial charge in [-0.25, -0.2) is 0 Å².